The first-order chi connectivity index (χ1) is 7.74. The van der Waals surface area contributed by atoms with Gasteiger partial charge in [-0.15, -0.1) is 0 Å². The molecule has 2 fully saturated rings. The standard InChI is InChI=1S/C13H25N.C2H6/c1-4-11-8-9-14(10(2)3)13-7-5-6-12(11)13;1-2/h10-13H,4-9H2,1-3H3;1-2H3. The summed E-state index contributed by atoms with van der Waals surface area (Å²) < 4.78 is 0. The van der Waals surface area contributed by atoms with Crippen LogP contribution in [-0.4, -0.2) is 23.5 Å². The lowest BCUT2D eigenvalue weighted by molar-refractivity contribution is 0.0424. The van der Waals surface area contributed by atoms with Gasteiger partial charge in [0.25, 0.3) is 0 Å². The second-order valence-corrected chi connectivity index (χ2v) is 5.45. The first-order valence-corrected chi connectivity index (χ1v) is 7.49. The van der Waals surface area contributed by atoms with E-state index >= 15 is 0 Å². The van der Waals surface area contributed by atoms with Crippen molar-refractivity contribution in [3.63, 3.8) is 0 Å². The summed E-state index contributed by atoms with van der Waals surface area (Å²) in [6, 6.07) is 1.70. The van der Waals surface area contributed by atoms with Gasteiger partial charge in [-0.2, -0.15) is 0 Å². The van der Waals surface area contributed by atoms with Crippen molar-refractivity contribution >= 4 is 0 Å². The Labute approximate surface area is 103 Å². The lowest BCUT2D eigenvalue weighted by Crippen LogP contribution is -2.49. The van der Waals surface area contributed by atoms with Crippen LogP contribution in [0.15, 0.2) is 0 Å². The molecule has 1 aliphatic carbocycles. The van der Waals surface area contributed by atoms with Crippen molar-refractivity contribution in [2.75, 3.05) is 6.54 Å². The summed E-state index contributed by atoms with van der Waals surface area (Å²) in [6.07, 6.45) is 7.32. The highest BCUT2D eigenvalue weighted by Crippen LogP contribution is 2.42. The largest absolute Gasteiger partial charge is 0.298 e. The van der Waals surface area contributed by atoms with Gasteiger partial charge in [0.2, 0.25) is 0 Å². The smallest absolute Gasteiger partial charge is 0.0129 e. The van der Waals surface area contributed by atoms with Crippen LogP contribution in [0.1, 0.15) is 66.7 Å². The fraction of sp³-hybridized carbons (Fsp3) is 1.00. The lowest BCUT2D eigenvalue weighted by atomic mass is 9.79. The van der Waals surface area contributed by atoms with Crippen molar-refractivity contribution in [1.29, 1.82) is 0 Å². The Balaban J connectivity index is 0.000000606. The van der Waals surface area contributed by atoms with Gasteiger partial charge in [0, 0.05) is 12.1 Å². The molecular formula is C15H31N. The molecule has 0 bridgehead atoms. The van der Waals surface area contributed by atoms with Crippen LogP contribution in [0.4, 0.5) is 0 Å². The highest BCUT2D eigenvalue weighted by Gasteiger charge is 2.40. The number of likely N-dealkylation sites (tertiary alicyclic amines) is 1. The number of nitrogens with zero attached hydrogens (tertiary/aromatic N) is 1. The van der Waals surface area contributed by atoms with Gasteiger partial charge in [0.1, 0.15) is 0 Å². The van der Waals surface area contributed by atoms with Gasteiger partial charge >= 0.3 is 0 Å². The van der Waals surface area contributed by atoms with Crippen LogP contribution in [0.25, 0.3) is 0 Å². The molecule has 0 spiro atoms. The van der Waals surface area contributed by atoms with E-state index in [4.69, 9.17) is 0 Å². The van der Waals surface area contributed by atoms with E-state index in [1.165, 1.54) is 38.6 Å². The van der Waals surface area contributed by atoms with E-state index < -0.39 is 0 Å². The summed E-state index contributed by atoms with van der Waals surface area (Å²) in [7, 11) is 0. The molecule has 1 saturated carbocycles. The Hall–Kier alpha value is -0.0400. The summed E-state index contributed by atoms with van der Waals surface area (Å²) in [6.45, 7) is 12.5. The third kappa shape index (κ3) is 2.80. The Bertz CT molecular complexity index is 188. The molecule has 0 aromatic rings. The van der Waals surface area contributed by atoms with E-state index in [-0.39, 0.29) is 0 Å². The van der Waals surface area contributed by atoms with Crippen LogP contribution in [0, 0.1) is 11.8 Å². The number of hydrogen-bond donors (Lipinski definition) is 0. The maximum atomic E-state index is 2.77. The van der Waals surface area contributed by atoms with Crippen molar-refractivity contribution in [3.8, 4) is 0 Å². The number of hydrogen-bond acceptors (Lipinski definition) is 1. The molecule has 16 heavy (non-hydrogen) atoms. The third-order valence-corrected chi connectivity index (χ3v) is 4.51. The van der Waals surface area contributed by atoms with Crippen molar-refractivity contribution < 1.29 is 0 Å². The Morgan fingerprint density at radius 3 is 2.38 bits per heavy atom. The first-order valence-electron chi connectivity index (χ1n) is 7.49. The van der Waals surface area contributed by atoms with Crippen molar-refractivity contribution in [3.05, 3.63) is 0 Å². The molecule has 3 unspecified atom stereocenters. The molecule has 0 amide bonds. The van der Waals surface area contributed by atoms with E-state index in [0.717, 1.165) is 23.9 Å². The quantitative estimate of drug-likeness (QED) is 0.676. The van der Waals surface area contributed by atoms with Gasteiger partial charge in [0.05, 0.1) is 0 Å². The van der Waals surface area contributed by atoms with Gasteiger partial charge < -0.3 is 0 Å². The van der Waals surface area contributed by atoms with E-state index in [9.17, 15) is 0 Å². The normalized spacial score (nSPS) is 34.5. The molecule has 1 heterocycles. The maximum Gasteiger partial charge on any atom is 0.0129 e. The molecule has 1 heteroatoms. The molecule has 2 rings (SSSR count). The molecule has 0 aromatic heterocycles. The van der Waals surface area contributed by atoms with Gasteiger partial charge in [-0.1, -0.05) is 33.6 Å². The SMILES string of the molecule is CC.CCC1CCN(C(C)C)C2CCCC12. The zero-order chi connectivity index (χ0) is 12.1. The molecule has 96 valence electrons. The summed E-state index contributed by atoms with van der Waals surface area (Å²) in [5.41, 5.74) is 0. The first kappa shape index (κ1) is 14.0. The third-order valence-electron chi connectivity index (χ3n) is 4.51. The molecule has 1 nitrogen and oxygen atoms in total. The zero-order valence-electron chi connectivity index (χ0n) is 12.0. The summed E-state index contributed by atoms with van der Waals surface area (Å²) >= 11 is 0. The number of piperidine rings is 1. The van der Waals surface area contributed by atoms with Crippen LogP contribution in [-0.2, 0) is 0 Å². The molecule has 0 N–H and O–H groups in total. The monoisotopic (exact) mass is 225 g/mol. The van der Waals surface area contributed by atoms with Crippen LogP contribution in [0.2, 0.25) is 0 Å². The van der Waals surface area contributed by atoms with Gasteiger partial charge in [-0.3, -0.25) is 4.90 Å². The van der Waals surface area contributed by atoms with E-state index in [0.29, 0.717) is 0 Å². The van der Waals surface area contributed by atoms with E-state index in [1.54, 1.807) is 0 Å². The maximum absolute atomic E-state index is 2.77. The Morgan fingerprint density at radius 2 is 1.81 bits per heavy atom. The number of rotatable bonds is 2. The fourth-order valence-electron chi connectivity index (χ4n) is 3.77. The van der Waals surface area contributed by atoms with Gasteiger partial charge in [-0.25, -0.2) is 0 Å². The van der Waals surface area contributed by atoms with Gasteiger partial charge in [-0.05, 0) is 51.5 Å². The topological polar surface area (TPSA) is 3.24 Å². The van der Waals surface area contributed by atoms with Crippen LogP contribution < -0.4 is 0 Å². The van der Waals surface area contributed by atoms with Crippen LogP contribution >= 0.6 is 0 Å². The summed E-state index contributed by atoms with van der Waals surface area (Å²) in [5.74, 6) is 2.08. The molecule has 3 atom stereocenters. The van der Waals surface area contributed by atoms with E-state index in [2.05, 4.69) is 25.7 Å². The minimum Gasteiger partial charge on any atom is -0.298 e. The number of fused-ring (bicyclic) bond motifs is 1. The van der Waals surface area contributed by atoms with E-state index in [1.807, 2.05) is 13.8 Å². The molecular weight excluding hydrogens is 194 g/mol. The molecule has 0 radical (unpaired) electrons. The zero-order valence-corrected chi connectivity index (χ0v) is 12.0. The molecule has 1 aliphatic heterocycles. The molecule has 2 aliphatic rings. The predicted molar refractivity (Wildman–Crippen MR) is 72.7 cm³/mol. The molecule has 0 aromatic carbocycles. The predicted octanol–water partition coefficient (Wildman–Crippen LogP) is 4.32. The second kappa shape index (κ2) is 6.64. The fourth-order valence-corrected chi connectivity index (χ4v) is 3.77. The van der Waals surface area contributed by atoms with Crippen molar-refractivity contribution in [2.45, 2.75) is 78.8 Å². The average molecular weight is 225 g/mol. The highest BCUT2D eigenvalue weighted by molar-refractivity contribution is 4.94. The van der Waals surface area contributed by atoms with Crippen LogP contribution in [0.3, 0.4) is 0 Å². The Morgan fingerprint density at radius 1 is 1.12 bits per heavy atom. The van der Waals surface area contributed by atoms with Crippen molar-refractivity contribution in [2.24, 2.45) is 11.8 Å². The minimum atomic E-state index is 0.762. The average Bonchev–Trinajstić information content (AvgIpc) is 2.78. The minimum absolute atomic E-state index is 0.762. The van der Waals surface area contributed by atoms with Crippen molar-refractivity contribution in [1.82, 2.24) is 4.90 Å². The highest BCUT2D eigenvalue weighted by atomic mass is 15.2. The van der Waals surface area contributed by atoms with Crippen LogP contribution in [0.5, 0.6) is 0 Å². The molecule has 1 saturated heterocycles. The second-order valence-electron chi connectivity index (χ2n) is 5.45. The Kier molecular flexibility index (Phi) is 5.82. The lowest BCUT2D eigenvalue weighted by Gasteiger charge is -2.44. The van der Waals surface area contributed by atoms with Gasteiger partial charge in [0.15, 0.2) is 0 Å². The summed E-state index contributed by atoms with van der Waals surface area (Å²) in [5, 5.41) is 0. The summed E-state index contributed by atoms with van der Waals surface area (Å²) in [4.78, 5) is 2.77.